The number of benzene rings is 3. The Bertz CT molecular complexity index is 1500. The summed E-state index contributed by atoms with van der Waals surface area (Å²) in [6, 6.07) is 16.2. The van der Waals surface area contributed by atoms with Crippen LogP contribution in [-0.4, -0.2) is 48.8 Å². The second-order valence-corrected chi connectivity index (χ2v) is 11.1. The lowest BCUT2D eigenvalue weighted by molar-refractivity contribution is -0.123. The van der Waals surface area contributed by atoms with Crippen molar-refractivity contribution in [1.82, 2.24) is 4.90 Å². The summed E-state index contributed by atoms with van der Waals surface area (Å²) in [5.41, 5.74) is 3.12. The van der Waals surface area contributed by atoms with Gasteiger partial charge in [-0.3, -0.25) is 19.3 Å². The molecule has 11 heteroatoms. The molecule has 40 heavy (non-hydrogen) atoms. The third kappa shape index (κ3) is 7.38. The first-order valence-corrected chi connectivity index (χ1v) is 14.1. The average Bonchev–Trinajstić information content (AvgIpc) is 3.17. The van der Waals surface area contributed by atoms with E-state index in [-0.39, 0.29) is 35.8 Å². The van der Waals surface area contributed by atoms with Crippen molar-refractivity contribution in [2.75, 3.05) is 32.2 Å². The van der Waals surface area contributed by atoms with E-state index in [1.165, 1.54) is 7.11 Å². The molecule has 1 saturated heterocycles. The molecule has 0 radical (unpaired) electrons. The number of nitrogens with zero attached hydrogens (tertiary/aromatic N) is 1. The van der Waals surface area contributed by atoms with Crippen LogP contribution < -0.4 is 19.5 Å². The molecule has 4 rings (SSSR count). The molecule has 1 aliphatic heterocycles. The van der Waals surface area contributed by atoms with Crippen LogP contribution in [-0.2, 0) is 9.59 Å². The summed E-state index contributed by atoms with van der Waals surface area (Å²) >= 11 is 10.4. The van der Waals surface area contributed by atoms with Crippen molar-refractivity contribution in [3.05, 3.63) is 85.7 Å². The lowest BCUT2D eigenvalue weighted by Crippen LogP contribution is -2.32. The van der Waals surface area contributed by atoms with Crippen LogP contribution in [0.1, 0.15) is 16.7 Å². The minimum absolute atomic E-state index is 0.132. The highest BCUT2D eigenvalue weighted by Crippen LogP contribution is 2.39. The first-order valence-electron chi connectivity index (χ1n) is 12.2. The Morgan fingerprint density at radius 2 is 1.90 bits per heavy atom. The van der Waals surface area contributed by atoms with Gasteiger partial charge in [0.2, 0.25) is 0 Å². The molecule has 0 aromatic heterocycles. The van der Waals surface area contributed by atoms with Crippen molar-refractivity contribution in [1.29, 1.82) is 0 Å². The molecule has 0 aliphatic carbocycles. The Balaban J connectivity index is 1.39. The predicted octanol–water partition coefficient (Wildman–Crippen LogP) is 6.86. The molecule has 8 nitrogen and oxygen atoms in total. The van der Waals surface area contributed by atoms with Crippen LogP contribution in [0.3, 0.4) is 0 Å². The summed E-state index contributed by atoms with van der Waals surface area (Å²) in [5.74, 6) is 0.568. The number of hydrogen-bond donors (Lipinski definition) is 1. The number of halogens is 2. The van der Waals surface area contributed by atoms with E-state index in [9.17, 15) is 14.4 Å². The van der Waals surface area contributed by atoms with E-state index in [0.717, 1.165) is 27.8 Å². The lowest BCUT2D eigenvalue weighted by atomic mass is 10.2. The number of thioether (sulfide) groups is 1. The van der Waals surface area contributed by atoms with Crippen molar-refractivity contribution < 1.29 is 28.6 Å². The molecule has 1 aliphatic rings. The summed E-state index contributed by atoms with van der Waals surface area (Å²) in [7, 11) is 1.47. The number of hydrogen-bond acceptors (Lipinski definition) is 7. The fourth-order valence-corrected chi connectivity index (χ4v) is 5.39. The zero-order valence-electron chi connectivity index (χ0n) is 22.0. The van der Waals surface area contributed by atoms with E-state index in [0.29, 0.717) is 38.0 Å². The van der Waals surface area contributed by atoms with Gasteiger partial charge in [0.15, 0.2) is 18.1 Å². The molecular weight excluding hydrogens is 620 g/mol. The number of amides is 3. The molecule has 0 spiro atoms. The van der Waals surface area contributed by atoms with Crippen LogP contribution in [0.15, 0.2) is 64.0 Å². The summed E-state index contributed by atoms with van der Waals surface area (Å²) in [4.78, 5) is 39.3. The average molecular weight is 646 g/mol. The van der Waals surface area contributed by atoms with Gasteiger partial charge in [0.1, 0.15) is 12.4 Å². The fraction of sp³-hybridized carbons (Fsp3) is 0.207. The van der Waals surface area contributed by atoms with Gasteiger partial charge in [-0.05, 0) is 101 Å². The predicted molar refractivity (Wildman–Crippen MR) is 160 cm³/mol. The van der Waals surface area contributed by atoms with Gasteiger partial charge in [0.25, 0.3) is 17.1 Å². The maximum Gasteiger partial charge on any atom is 0.293 e. The number of ether oxygens (including phenoxy) is 3. The number of methoxy groups -OCH3 is 1. The van der Waals surface area contributed by atoms with Gasteiger partial charge < -0.3 is 19.5 Å². The van der Waals surface area contributed by atoms with E-state index in [2.05, 4.69) is 21.2 Å². The van der Waals surface area contributed by atoms with Crippen LogP contribution in [0, 0.1) is 13.8 Å². The molecule has 1 N–H and O–H groups in total. The highest BCUT2D eigenvalue weighted by Gasteiger charge is 2.35. The first kappa shape index (κ1) is 29.5. The summed E-state index contributed by atoms with van der Waals surface area (Å²) in [6.45, 7) is 3.87. The van der Waals surface area contributed by atoms with Gasteiger partial charge in [-0.1, -0.05) is 29.8 Å². The quantitative estimate of drug-likeness (QED) is 0.241. The van der Waals surface area contributed by atoms with E-state index in [1.807, 2.05) is 44.2 Å². The van der Waals surface area contributed by atoms with Gasteiger partial charge in [-0.25, -0.2) is 0 Å². The maximum absolute atomic E-state index is 12.9. The molecule has 3 amide bonds. The lowest BCUT2D eigenvalue weighted by Gasteiger charge is -2.14. The van der Waals surface area contributed by atoms with Crippen LogP contribution in [0.25, 0.3) is 6.08 Å². The normalized spacial score (nSPS) is 14.0. The molecule has 0 bridgehead atoms. The monoisotopic (exact) mass is 644 g/mol. The molecule has 3 aromatic rings. The standard InChI is InChI=1S/C29H26BrClN2O6S/c1-17-5-4-6-21(11-17)38-10-9-33-28(35)25(40-29(33)36)14-19-12-22(30)27(24(13-19)37-3)39-16-26(34)32-20-8-7-18(2)23(31)15-20/h4-8,11-15H,9-10,16H2,1-3H3,(H,32,34)/b25-14-. The highest BCUT2D eigenvalue weighted by atomic mass is 79.9. The van der Waals surface area contributed by atoms with E-state index < -0.39 is 5.91 Å². The van der Waals surface area contributed by atoms with Crippen LogP contribution in [0.4, 0.5) is 10.5 Å². The number of anilines is 1. The molecule has 0 unspecified atom stereocenters. The first-order chi connectivity index (χ1) is 19.1. The fourth-order valence-electron chi connectivity index (χ4n) is 3.77. The minimum Gasteiger partial charge on any atom is -0.493 e. The Kier molecular flexibility index (Phi) is 9.78. The van der Waals surface area contributed by atoms with Gasteiger partial charge in [-0.15, -0.1) is 0 Å². The van der Waals surface area contributed by atoms with Crippen molar-refractivity contribution in [3.63, 3.8) is 0 Å². The number of nitrogens with one attached hydrogen (secondary N) is 1. The number of rotatable bonds is 10. The van der Waals surface area contributed by atoms with Crippen LogP contribution in [0.5, 0.6) is 17.2 Å². The molecule has 1 fully saturated rings. The number of carbonyl (C=O) groups is 3. The third-order valence-corrected chi connectivity index (χ3v) is 7.70. The van der Waals surface area contributed by atoms with E-state index >= 15 is 0 Å². The van der Waals surface area contributed by atoms with Crippen molar-refractivity contribution in [2.24, 2.45) is 0 Å². The van der Waals surface area contributed by atoms with Gasteiger partial charge in [0, 0.05) is 10.7 Å². The Hall–Kier alpha value is -3.47. The van der Waals surface area contributed by atoms with Crippen LogP contribution >= 0.6 is 39.3 Å². The highest BCUT2D eigenvalue weighted by molar-refractivity contribution is 9.10. The van der Waals surface area contributed by atoms with Crippen molar-refractivity contribution in [3.8, 4) is 17.2 Å². The largest absolute Gasteiger partial charge is 0.493 e. The van der Waals surface area contributed by atoms with E-state index in [4.69, 9.17) is 25.8 Å². The number of carbonyl (C=O) groups excluding carboxylic acids is 3. The van der Waals surface area contributed by atoms with Crippen LogP contribution in [0.2, 0.25) is 5.02 Å². The smallest absolute Gasteiger partial charge is 0.293 e. The zero-order valence-corrected chi connectivity index (χ0v) is 25.1. The molecule has 1 heterocycles. The second-order valence-electron chi connectivity index (χ2n) is 8.83. The topological polar surface area (TPSA) is 94.2 Å². The summed E-state index contributed by atoms with van der Waals surface area (Å²) in [5, 5.41) is 2.92. The number of imide groups is 1. The maximum atomic E-state index is 12.9. The van der Waals surface area contributed by atoms with Crippen molar-refractivity contribution in [2.45, 2.75) is 13.8 Å². The zero-order chi connectivity index (χ0) is 28.8. The molecule has 3 aromatic carbocycles. The Labute approximate surface area is 249 Å². The van der Waals surface area contributed by atoms with E-state index in [1.54, 1.807) is 30.3 Å². The molecule has 0 atom stereocenters. The van der Waals surface area contributed by atoms with Gasteiger partial charge in [-0.2, -0.15) is 0 Å². The van der Waals surface area contributed by atoms with Gasteiger partial charge >= 0.3 is 0 Å². The molecular formula is C29H26BrClN2O6S. The number of aryl methyl sites for hydroxylation is 2. The third-order valence-electron chi connectivity index (χ3n) is 5.80. The Morgan fingerprint density at radius 3 is 2.62 bits per heavy atom. The summed E-state index contributed by atoms with van der Waals surface area (Å²) in [6.07, 6.45) is 1.61. The summed E-state index contributed by atoms with van der Waals surface area (Å²) < 4.78 is 17.4. The molecule has 0 saturated carbocycles. The Morgan fingerprint density at radius 1 is 1.10 bits per heavy atom. The SMILES string of the molecule is COc1cc(/C=C2\SC(=O)N(CCOc3cccc(C)c3)C2=O)cc(Br)c1OCC(=O)Nc1ccc(C)c(Cl)c1. The van der Waals surface area contributed by atoms with Gasteiger partial charge in [0.05, 0.1) is 23.0 Å². The molecule has 208 valence electrons. The second kappa shape index (κ2) is 13.3. The van der Waals surface area contributed by atoms with Crippen molar-refractivity contribution >= 4 is 68.1 Å². The minimum atomic E-state index is -0.397.